The summed E-state index contributed by atoms with van der Waals surface area (Å²) in [7, 11) is 5.17. The van der Waals surface area contributed by atoms with Gasteiger partial charge in [-0.2, -0.15) is 0 Å². The quantitative estimate of drug-likeness (QED) is 0.0239. The van der Waals surface area contributed by atoms with Gasteiger partial charge >= 0.3 is 204 Å². The molecule has 0 aliphatic carbocycles. The van der Waals surface area contributed by atoms with Crippen LogP contribution in [0.4, 0.5) is 0 Å². The van der Waals surface area contributed by atoms with Crippen LogP contribution in [0.15, 0.2) is 58.8 Å². The summed E-state index contributed by atoms with van der Waals surface area (Å²) in [6.45, 7) is 10.7. The van der Waals surface area contributed by atoms with Crippen LogP contribution in [-0.2, 0) is 28.5 Å². The monoisotopic (exact) mass is 754 g/mol. The van der Waals surface area contributed by atoms with Gasteiger partial charge in [0, 0.05) is 14.0 Å². The zero-order valence-electron chi connectivity index (χ0n) is 30.8. The normalized spacial score (nSPS) is 15.6. The molecule has 4 atom stereocenters. The minimum absolute atomic E-state index is 0.0000693. The molecule has 0 amide bonds. The van der Waals surface area contributed by atoms with Gasteiger partial charge in [0.05, 0.1) is 6.10 Å². The van der Waals surface area contributed by atoms with E-state index >= 15 is 0 Å². The molecule has 46 heavy (non-hydrogen) atoms. The fourth-order valence-electron chi connectivity index (χ4n) is 5.55. The standard InChI is InChI=1S/C27H43O6.3C4H9.Sn/c1-7-16-25(32-22-29-4)18-14-11-15-20-27(31-6)21-26(30-5)19-13-10-8-9-12-17-23(2)33-24(3)28;3*1-3-4-2;/h1,7-8,10-11,13-15,18-19,23,25-27H,9,12,16-17,20-22H2,2-6H3;3*1,3-4H2,2H3;/b7-1?,10-8+,15-11-,18-14+,19-13+;;;;/t23-,25+,26+,27+;;;;/m1..../s1. The third-order valence-electron chi connectivity index (χ3n) is 8.35. The molecule has 0 saturated heterocycles. The van der Waals surface area contributed by atoms with Crippen molar-refractivity contribution < 1.29 is 28.5 Å². The number of methoxy groups -OCH3 is 3. The Kier molecular flexibility index (Phi) is 30.3. The molecule has 0 rings (SSSR count). The van der Waals surface area contributed by atoms with Crippen LogP contribution >= 0.6 is 0 Å². The Bertz CT molecular complexity index is 843. The molecule has 0 aliphatic rings. The van der Waals surface area contributed by atoms with Gasteiger partial charge in [0.15, 0.2) is 0 Å². The Balaban J connectivity index is 5.02. The second-order valence-electron chi connectivity index (χ2n) is 12.5. The first-order valence-electron chi connectivity index (χ1n) is 18.0. The minimum atomic E-state index is -2.29. The van der Waals surface area contributed by atoms with Crippen molar-refractivity contribution in [2.45, 2.75) is 149 Å². The molecule has 0 aliphatic heterocycles. The average Bonchev–Trinajstić information content (AvgIpc) is 3.04. The van der Waals surface area contributed by atoms with Gasteiger partial charge in [-0.15, -0.1) is 0 Å². The van der Waals surface area contributed by atoms with Crippen molar-refractivity contribution in [1.29, 1.82) is 0 Å². The second kappa shape index (κ2) is 31.1. The van der Waals surface area contributed by atoms with Gasteiger partial charge in [-0.3, -0.25) is 4.79 Å². The summed E-state index contributed by atoms with van der Waals surface area (Å²) < 4.78 is 35.0. The van der Waals surface area contributed by atoms with E-state index in [2.05, 4.69) is 73.5 Å². The van der Waals surface area contributed by atoms with E-state index < -0.39 is 18.4 Å². The molecule has 0 saturated carbocycles. The maximum atomic E-state index is 11.0. The maximum absolute atomic E-state index is 11.0. The molecule has 0 fully saturated rings. The number of carbonyl (C=O) groups excluding carboxylic acids is 1. The van der Waals surface area contributed by atoms with E-state index in [1.807, 2.05) is 13.0 Å². The molecule has 0 N–H and O–H groups in total. The number of esters is 1. The fraction of sp³-hybridized carbons (Fsp3) is 0.718. The third-order valence-corrected chi connectivity index (χ3v) is 22.6. The van der Waals surface area contributed by atoms with Crippen molar-refractivity contribution in [3.05, 3.63) is 58.8 Å². The Labute approximate surface area is 288 Å². The van der Waals surface area contributed by atoms with Gasteiger partial charge in [0.2, 0.25) is 0 Å². The molecule has 0 heterocycles. The van der Waals surface area contributed by atoms with E-state index in [4.69, 9.17) is 23.7 Å². The van der Waals surface area contributed by atoms with Crippen molar-refractivity contribution >= 4 is 24.3 Å². The summed E-state index contributed by atoms with van der Waals surface area (Å²) in [6, 6.07) is 0. The summed E-state index contributed by atoms with van der Waals surface area (Å²) in [6.07, 6.45) is 32.5. The Morgan fingerprint density at radius 3 is 1.89 bits per heavy atom. The predicted octanol–water partition coefficient (Wildman–Crippen LogP) is 10.5. The molecular formula is C39H70O6Sn. The second-order valence-corrected chi connectivity index (χ2v) is 25.5. The Hall–Kier alpha value is -1.19. The number of allylic oxidation sites excluding steroid dienone is 5. The summed E-state index contributed by atoms with van der Waals surface area (Å²) in [4.78, 5) is 11.0. The van der Waals surface area contributed by atoms with E-state index in [1.54, 1.807) is 21.3 Å². The van der Waals surface area contributed by atoms with E-state index in [9.17, 15) is 4.79 Å². The van der Waals surface area contributed by atoms with Crippen LogP contribution in [0.5, 0.6) is 0 Å². The number of carbonyl (C=O) groups is 1. The van der Waals surface area contributed by atoms with Crippen LogP contribution in [0.25, 0.3) is 0 Å². The van der Waals surface area contributed by atoms with Gasteiger partial charge in [0.25, 0.3) is 0 Å². The molecule has 0 bridgehead atoms. The van der Waals surface area contributed by atoms with Crippen molar-refractivity contribution in [2.24, 2.45) is 0 Å². The molecule has 266 valence electrons. The summed E-state index contributed by atoms with van der Waals surface area (Å²) in [5.41, 5.74) is 0. The Morgan fingerprint density at radius 1 is 0.739 bits per heavy atom. The molecule has 0 spiro atoms. The zero-order valence-corrected chi connectivity index (χ0v) is 33.7. The number of ether oxygens (including phenoxy) is 5. The van der Waals surface area contributed by atoms with E-state index in [0.717, 1.165) is 38.5 Å². The van der Waals surface area contributed by atoms with Gasteiger partial charge < -0.3 is 9.47 Å². The molecule has 7 heteroatoms. The van der Waals surface area contributed by atoms with Crippen LogP contribution in [0.2, 0.25) is 13.3 Å². The van der Waals surface area contributed by atoms with Gasteiger partial charge in [-0.05, 0) is 26.2 Å². The molecule has 0 radical (unpaired) electrons. The number of unbranched alkanes of at least 4 members (excludes halogenated alkanes) is 4. The van der Waals surface area contributed by atoms with E-state index in [-0.39, 0.29) is 30.4 Å². The number of hydrogen-bond acceptors (Lipinski definition) is 6. The van der Waals surface area contributed by atoms with Crippen molar-refractivity contribution in [1.82, 2.24) is 0 Å². The van der Waals surface area contributed by atoms with Crippen LogP contribution < -0.4 is 0 Å². The first-order valence-corrected chi connectivity index (χ1v) is 25.7. The van der Waals surface area contributed by atoms with Crippen molar-refractivity contribution in [3.63, 3.8) is 0 Å². The van der Waals surface area contributed by atoms with E-state index in [0.29, 0.717) is 6.79 Å². The first kappa shape index (κ1) is 44.8. The third kappa shape index (κ3) is 24.9. The first-order chi connectivity index (χ1) is 22.3. The zero-order chi connectivity index (χ0) is 34.3. The number of hydrogen-bond donors (Lipinski definition) is 0. The SMILES string of the molecule is CCC[CH2][Sn](/[CH]=C/C[C@@H](/C=C/C=C\C[C@@H](C[C@H](/C=C/C=C/CCC[C@@H](C)OC(C)=O)OC)OC)OCOC)([CH2]CCC)[CH2]CCC. The van der Waals surface area contributed by atoms with Gasteiger partial charge in [-0.25, -0.2) is 0 Å². The van der Waals surface area contributed by atoms with Crippen molar-refractivity contribution in [3.8, 4) is 0 Å². The Morgan fingerprint density at radius 2 is 1.35 bits per heavy atom. The fourth-order valence-corrected chi connectivity index (χ4v) is 20.0. The van der Waals surface area contributed by atoms with Crippen LogP contribution in [-0.4, -0.2) is 76.9 Å². The van der Waals surface area contributed by atoms with Gasteiger partial charge in [0.1, 0.15) is 0 Å². The molecule has 0 aromatic carbocycles. The molecule has 0 unspecified atom stereocenters. The summed E-state index contributed by atoms with van der Waals surface area (Å²) in [5.74, 6) is -0.219. The van der Waals surface area contributed by atoms with Crippen molar-refractivity contribution in [2.75, 3.05) is 28.1 Å². The predicted molar refractivity (Wildman–Crippen MR) is 198 cm³/mol. The molecule has 0 aromatic heterocycles. The van der Waals surface area contributed by atoms with Gasteiger partial charge in [-0.1, -0.05) is 24.3 Å². The average molecular weight is 754 g/mol. The van der Waals surface area contributed by atoms with Crippen LogP contribution in [0, 0.1) is 0 Å². The topological polar surface area (TPSA) is 63.2 Å². The molecule has 6 nitrogen and oxygen atoms in total. The summed E-state index contributed by atoms with van der Waals surface area (Å²) >= 11 is -2.29. The van der Waals surface area contributed by atoms with E-state index in [1.165, 1.54) is 58.8 Å². The molecular weight excluding hydrogens is 683 g/mol. The summed E-state index contributed by atoms with van der Waals surface area (Å²) in [5, 5.41) is 0. The molecule has 0 aromatic rings. The van der Waals surface area contributed by atoms with Crippen LogP contribution in [0.3, 0.4) is 0 Å². The number of rotatable bonds is 30. The van der Waals surface area contributed by atoms with Crippen LogP contribution in [0.1, 0.15) is 112 Å².